The van der Waals surface area contributed by atoms with E-state index in [1.807, 2.05) is 6.07 Å². The molecule has 0 radical (unpaired) electrons. The topological polar surface area (TPSA) is 0 Å². The van der Waals surface area contributed by atoms with Gasteiger partial charge in [-0.1, -0.05) is 31.5 Å². The Morgan fingerprint density at radius 1 is 1.33 bits per heavy atom. The molecule has 0 amide bonds. The van der Waals surface area contributed by atoms with E-state index < -0.39 is 0 Å². The van der Waals surface area contributed by atoms with Gasteiger partial charge in [0.05, 0.1) is 5.02 Å². The molecule has 0 atom stereocenters. The third-order valence-electron chi connectivity index (χ3n) is 1.70. The first-order valence-electron chi connectivity index (χ1n) is 4.19. The molecule has 0 heterocycles. The SMILES string of the molecule is CCSc1cc(CC)ccc1Cl. The number of hydrogen-bond donors (Lipinski definition) is 0. The van der Waals surface area contributed by atoms with E-state index in [4.69, 9.17) is 11.6 Å². The third kappa shape index (κ3) is 2.43. The van der Waals surface area contributed by atoms with Crippen molar-refractivity contribution in [3.05, 3.63) is 28.8 Å². The summed E-state index contributed by atoms with van der Waals surface area (Å²) >= 11 is 7.81. The van der Waals surface area contributed by atoms with E-state index in [1.165, 1.54) is 10.5 Å². The molecule has 0 aliphatic heterocycles. The van der Waals surface area contributed by atoms with E-state index in [0.717, 1.165) is 17.2 Å². The Bertz CT molecular complexity index is 258. The zero-order chi connectivity index (χ0) is 8.97. The van der Waals surface area contributed by atoms with Crippen LogP contribution in [0.25, 0.3) is 0 Å². The summed E-state index contributed by atoms with van der Waals surface area (Å²) in [6.45, 7) is 4.29. The summed E-state index contributed by atoms with van der Waals surface area (Å²) in [5.74, 6) is 1.08. The van der Waals surface area contributed by atoms with Gasteiger partial charge in [-0.2, -0.15) is 0 Å². The minimum absolute atomic E-state index is 0.874. The highest BCUT2D eigenvalue weighted by Gasteiger charge is 1.99. The molecule has 0 aliphatic rings. The lowest BCUT2D eigenvalue weighted by Crippen LogP contribution is -1.82. The van der Waals surface area contributed by atoms with Crippen molar-refractivity contribution in [2.24, 2.45) is 0 Å². The van der Waals surface area contributed by atoms with Gasteiger partial charge in [0, 0.05) is 4.90 Å². The van der Waals surface area contributed by atoms with Crippen LogP contribution in [0.5, 0.6) is 0 Å². The normalized spacial score (nSPS) is 10.2. The van der Waals surface area contributed by atoms with Gasteiger partial charge in [0.2, 0.25) is 0 Å². The Kier molecular flexibility index (Phi) is 3.96. The van der Waals surface area contributed by atoms with Crippen molar-refractivity contribution >= 4 is 23.4 Å². The minimum atomic E-state index is 0.874. The second kappa shape index (κ2) is 4.78. The zero-order valence-electron chi connectivity index (χ0n) is 7.43. The summed E-state index contributed by atoms with van der Waals surface area (Å²) in [6, 6.07) is 6.25. The number of aryl methyl sites for hydroxylation is 1. The fourth-order valence-electron chi connectivity index (χ4n) is 1.03. The lowest BCUT2D eigenvalue weighted by molar-refractivity contribution is 1.12. The molecule has 0 unspecified atom stereocenters. The molecule has 2 heteroatoms. The maximum Gasteiger partial charge on any atom is 0.0542 e. The summed E-state index contributed by atoms with van der Waals surface area (Å²) in [6.07, 6.45) is 1.08. The fraction of sp³-hybridized carbons (Fsp3) is 0.400. The van der Waals surface area contributed by atoms with Gasteiger partial charge in [0.1, 0.15) is 0 Å². The number of thioether (sulfide) groups is 1. The monoisotopic (exact) mass is 200 g/mol. The molecule has 0 bridgehead atoms. The van der Waals surface area contributed by atoms with E-state index in [9.17, 15) is 0 Å². The summed E-state index contributed by atoms with van der Waals surface area (Å²) in [4.78, 5) is 1.21. The van der Waals surface area contributed by atoms with Crippen LogP contribution in [0.3, 0.4) is 0 Å². The predicted octanol–water partition coefficient (Wildman–Crippen LogP) is 4.01. The molecule has 0 aromatic heterocycles. The quantitative estimate of drug-likeness (QED) is 0.665. The van der Waals surface area contributed by atoms with Crippen LogP contribution in [0.4, 0.5) is 0 Å². The largest absolute Gasteiger partial charge is 0.125 e. The van der Waals surface area contributed by atoms with Crippen LogP contribution in [0.15, 0.2) is 23.1 Å². The van der Waals surface area contributed by atoms with Gasteiger partial charge in [-0.15, -0.1) is 11.8 Å². The summed E-state index contributed by atoms with van der Waals surface area (Å²) in [5.41, 5.74) is 1.36. The molecule has 1 aromatic carbocycles. The molecule has 0 saturated carbocycles. The fourth-order valence-corrected chi connectivity index (χ4v) is 2.07. The van der Waals surface area contributed by atoms with Crippen molar-refractivity contribution in [3.63, 3.8) is 0 Å². The van der Waals surface area contributed by atoms with Gasteiger partial charge >= 0.3 is 0 Å². The molecule has 0 spiro atoms. The van der Waals surface area contributed by atoms with Crippen LogP contribution in [0, 0.1) is 0 Å². The first-order valence-corrected chi connectivity index (χ1v) is 5.55. The van der Waals surface area contributed by atoms with E-state index in [2.05, 4.69) is 26.0 Å². The van der Waals surface area contributed by atoms with Gasteiger partial charge in [-0.25, -0.2) is 0 Å². The number of rotatable bonds is 3. The molecule has 66 valence electrons. The van der Waals surface area contributed by atoms with Crippen molar-refractivity contribution in [1.29, 1.82) is 0 Å². The second-order valence-corrected chi connectivity index (χ2v) is 4.26. The van der Waals surface area contributed by atoms with Crippen molar-refractivity contribution in [2.75, 3.05) is 5.75 Å². The van der Waals surface area contributed by atoms with Crippen LogP contribution in [0.2, 0.25) is 5.02 Å². The number of halogens is 1. The Hall–Kier alpha value is -0.140. The van der Waals surface area contributed by atoms with Gasteiger partial charge in [-0.05, 0) is 29.9 Å². The predicted molar refractivity (Wildman–Crippen MR) is 57.2 cm³/mol. The van der Waals surface area contributed by atoms with Crippen LogP contribution in [-0.4, -0.2) is 5.75 Å². The molecule has 0 N–H and O–H groups in total. The van der Waals surface area contributed by atoms with E-state index >= 15 is 0 Å². The summed E-state index contributed by atoms with van der Waals surface area (Å²) in [5, 5.41) is 0.874. The molecule has 0 saturated heterocycles. The highest BCUT2D eigenvalue weighted by molar-refractivity contribution is 7.99. The Labute approximate surface area is 83.3 Å². The third-order valence-corrected chi connectivity index (χ3v) is 3.08. The number of hydrogen-bond acceptors (Lipinski definition) is 1. The van der Waals surface area contributed by atoms with E-state index in [1.54, 1.807) is 11.8 Å². The summed E-state index contributed by atoms with van der Waals surface area (Å²) < 4.78 is 0. The van der Waals surface area contributed by atoms with Gasteiger partial charge in [-0.3, -0.25) is 0 Å². The van der Waals surface area contributed by atoms with Crippen molar-refractivity contribution < 1.29 is 0 Å². The molecule has 1 aromatic rings. The van der Waals surface area contributed by atoms with Crippen LogP contribution in [0.1, 0.15) is 19.4 Å². The average molecular weight is 201 g/mol. The maximum absolute atomic E-state index is 6.01. The molecule has 0 fully saturated rings. The van der Waals surface area contributed by atoms with E-state index in [-0.39, 0.29) is 0 Å². The second-order valence-electron chi connectivity index (χ2n) is 2.55. The van der Waals surface area contributed by atoms with Crippen LogP contribution >= 0.6 is 23.4 Å². The van der Waals surface area contributed by atoms with Crippen LogP contribution in [-0.2, 0) is 6.42 Å². The van der Waals surface area contributed by atoms with Crippen molar-refractivity contribution in [2.45, 2.75) is 25.2 Å². The first kappa shape index (κ1) is 9.94. The zero-order valence-corrected chi connectivity index (χ0v) is 9.00. The molecule has 1 rings (SSSR count). The molecular weight excluding hydrogens is 188 g/mol. The van der Waals surface area contributed by atoms with Crippen LogP contribution < -0.4 is 0 Å². The lowest BCUT2D eigenvalue weighted by atomic mass is 10.2. The van der Waals surface area contributed by atoms with E-state index in [0.29, 0.717) is 0 Å². The Morgan fingerprint density at radius 3 is 2.67 bits per heavy atom. The minimum Gasteiger partial charge on any atom is -0.125 e. The van der Waals surface area contributed by atoms with Gasteiger partial charge < -0.3 is 0 Å². The molecule has 0 nitrogen and oxygen atoms in total. The maximum atomic E-state index is 6.01. The van der Waals surface area contributed by atoms with Crippen molar-refractivity contribution in [1.82, 2.24) is 0 Å². The average Bonchev–Trinajstić information content (AvgIpc) is 2.09. The molecular formula is C10H13ClS. The molecule has 0 aliphatic carbocycles. The van der Waals surface area contributed by atoms with Gasteiger partial charge in [0.25, 0.3) is 0 Å². The standard InChI is InChI=1S/C10H13ClS/c1-3-8-5-6-9(11)10(7-8)12-4-2/h5-7H,3-4H2,1-2H3. The first-order chi connectivity index (χ1) is 5.77. The highest BCUT2D eigenvalue weighted by atomic mass is 35.5. The highest BCUT2D eigenvalue weighted by Crippen LogP contribution is 2.27. The Morgan fingerprint density at radius 2 is 2.08 bits per heavy atom. The number of benzene rings is 1. The lowest BCUT2D eigenvalue weighted by Gasteiger charge is -2.03. The van der Waals surface area contributed by atoms with Crippen molar-refractivity contribution in [3.8, 4) is 0 Å². The molecule has 12 heavy (non-hydrogen) atoms. The summed E-state index contributed by atoms with van der Waals surface area (Å²) in [7, 11) is 0. The van der Waals surface area contributed by atoms with Gasteiger partial charge in [0.15, 0.2) is 0 Å². The Balaban J connectivity index is 2.91. The smallest absolute Gasteiger partial charge is 0.0542 e.